The maximum atomic E-state index is 12.3. The van der Waals surface area contributed by atoms with E-state index < -0.39 is 0 Å². The average molecular weight is 425 g/mol. The van der Waals surface area contributed by atoms with Crippen molar-refractivity contribution in [2.45, 2.75) is 6.92 Å². The van der Waals surface area contributed by atoms with Crippen LogP contribution in [0, 0.1) is 6.92 Å². The number of carbonyl (C=O) groups is 1. The molecule has 0 saturated carbocycles. The van der Waals surface area contributed by atoms with Crippen LogP contribution in [0.2, 0.25) is 10.0 Å². The monoisotopic (exact) mass is 423 g/mol. The summed E-state index contributed by atoms with van der Waals surface area (Å²) in [6, 6.07) is 14.1. The molecule has 3 rings (SSSR count). The number of benzene rings is 2. The quantitative estimate of drug-likeness (QED) is 0.516. The van der Waals surface area contributed by atoms with Crippen LogP contribution in [-0.4, -0.2) is 5.91 Å². The van der Waals surface area contributed by atoms with Crippen LogP contribution in [0.5, 0.6) is 0 Å². The lowest BCUT2D eigenvalue weighted by Gasteiger charge is -2.05. The van der Waals surface area contributed by atoms with Crippen molar-refractivity contribution in [3.05, 3.63) is 74.4 Å². The van der Waals surface area contributed by atoms with Gasteiger partial charge in [-0.05, 0) is 61.0 Å². The van der Waals surface area contributed by atoms with Crippen molar-refractivity contribution in [1.82, 2.24) is 0 Å². The topological polar surface area (TPSA) is 42.2 Å². The zero-order valence-corrected chi connectivity index (χ0v) is 15.7. The van der Waals surface area contributed by atoms with E-state index in [4.69, 9.17) is 27.6 Å². The van der Waals surface area contributed by atoms with Crippen LogP contribution >= 0.6 is 39.1 Å². The molecule has 0 aliphatic rings. The normalized spacial score (nSPS) is 10.7. The molecule has 0 bridgehead atoms. The molecular weight excluding hydrogens is 413 g/mol. The number of nitrogens with one attached hydrogen (secondary N) is 1. The van der Waals surface area contributed by atoms with Gasteiger partial charge in [-0.1, -0.05) is 39.1 Å². The van der Waals surface area contributed by atoms with E-state index in [-0.39, 0.29) is 11.7 Å². The van der Waals surface area contributed by atoms with Gasteiger partial charge in [0.1, 0.15) is 5.76 Å². The summed E-state index contributed by atoms with van der Waals surface area (Å²) in [5.41, 5.74) is 2.49. The Labute approximate surface area is 157 Å². The molecule has 0 spiro atoms. The fourth-order valence-corrected chi connectivity index (χ4v) is 2.72. The maximum absolute atomic E-state index is 12.3. The fraction of sp³-hybridized carbons (Fsp3) is 0.0556. The number of halogens is 3. The first-order valence-corrected chi connectivity index (χ1v) is 8.61. The standard InChI is InChI=1S/C18H12BrCl2NO2/c1-10-8-12(3-4-13(10)19)22-18(23)17-7-6-16(24-17)11-2-5-14(20)15(21)9-11/h2-9H,1H3,(H,22,23). The summed E-state index contributed by atoms with van der Waals surface area (Å²) in [6.07, 6.45) is 0. The minimum absolute atomic E-state index is 0.219. The van der Waals surface area contributed by atoms with E-state index in [1.807, 2.05) is 25.1 Å². The average Bonchev–Trinajstić information content (AvgIpc) is 3.04. The number of amides is 1. The molecule has 122 valence electrons. The Balaban J connectivity index is 1.80. The number of hydrogen-bond donors (Lipinski definition) is 1. The molecule has 1 heterocycles. The van der Waals surface area contributed by atoms with Gasteiger partial charge < -0.3 is 9.73 Å². The second-order valence-electron chi connectivity index (χ2n) is 5.21. The Bertz CT molecular complexity index is 921. The third-order valence-corrected chi connectivity index (χ3v) is 5.08. The second-order valence-corrected chi connectivity index (χ2v) is 6.88. The van der Waals surface area contributed by atoms with Gasteiger partial charge in [0.2, 0.25) is 0 Å². The van der Waals surface area contributed by atoms with Crippen LogP contribution in [0.25, 0.3) is 11.3 Å². The van der Waals surface area contributed by atoms with Crippen molar-refractivity contribution in [2.75, 3.05) is 5.32 Å². The van der Waals surface area contributed by atoms with Gasteiger partial charge in [0, 0.05) is 15.7 Å². The van der Waals surface area contributed by atoms with E-state index in [0.717, 1.165) is 15.6 Å². The Morgan fingerprint density at radius 2 is 1.83 bits per heavy atom. The summed E-state index contributed by atoms with van der Waals surface area (Å²) >= 11 is 15.3. The minimum Gasteiger partial charge on any atom is -0.451 e. The van der Waals surface area contributed by atoms with Crippen LogP contribution in [0.4, 0.5) is 5.69 Å². The zero-order valence-electron chi connectivity index (χ0n) is 12.6. The molecule has 1 amide bonds. The summed E-state index contributed by atoms with van der Waals surface area (Å²) in [5.74, 6) is 0.449. The van der Waals surface area contributed by atoms with Crippen molar-refractivity contribution in [3.8, 4) is 11.3 Å². The highest BCUT2D eigenvalue weighted by molar-refractivity contribution is 9.10. The lowest BCUT2D eigenvalue weighted by Crippen LogP contribution is -2.10. The highest BCUT2D eigenvalue weighted by Gasteiger charge is 2.13. The number of aryl methyl sites for hydroxylation is 1. The summed E-state index contributed by atoms with van der Waals surface area (Å²) in [5, 5.41) is 3.71. The second kappa shape index (κ2) is 7.01. The lowest BCUT2D eigenvalue weighted by molar-refractivity contribution is 0.0997. The first-order chi connectivity index (χ1) is 11.4. The van der Waals surface area contributed by atoms with Gasteiger partial charge in [0.25, 0.3) is 5.91 Å². The molecule has 6 heteroatoms. The molecule has 1 N–H and O–H groups in total. The SMILES string of the molecule is Cc1cc(NC(=O)c2ccc(-c3ccc(Cl)c(Cl)c3)o2)ccc1Br. The van der Waals surface area contributed by atoms with Gasteiger partial charge in [0.15, 0.2) is 5.76 Å². The Hall–Kier alpha value is -1.75. The molecule has 24 heavy (non-hydrogen) atoms. The summed E-state index contributed by atoms with van der Waals surface area (Å²) in [6.45, 7) is 1.95. The Morgan fingerprint density at radius 3 is 2.54 bits per heavy atom. The third kappa shape index (κ3) is 3.66. The van der Waals surface area contributed by atoms with Crippen molar-refractivity contribution >= 4 is 50.7 Å². The maximum Gasteiger partial charge on any atom is 0.291 e. The third-order valence-electron chi connectivity index (χ3n) is 3.45. The van der Waals surface area contributed by atoms with Gasteiger partial charge in [-0.15, -0.1) is 0 Å². The summed E-state index contributed by atoms with van der Waals surface area (Å²) in [4.78, 5) is 12.3. The molecule has 3 aromatic rings. The predicted octanol–water partition coefficient (Wildman–Crippen LogP) is 6.58. The van der Waals surface area contributed by atoms with Crippen molar-refractivity contribution in [2.24, 2.45) is 0 Å². The number of furan rings is 1. The first kappa shape index (κ1) is 17.1. The van der Waals surface area contributed by atoms with Crippen molar-refractivity contribution in [3.63, 3.8) is 0 Å². The number of rotatable bonds is 3. The van der Waals surface area contributed by atoms with Crippen LogP contribution in [-0.2, 0) is 0 Å². The van der Waals surface area contributed by atoms with Gasteiger partial charge >= 0.3 is 0 Å². The molecule has 0 aliphatic heterocycles. The molecule has 3 nitrogen and oxygen atoms in total. The van der Waals surface area contributed by atoms with E-state index in [1.54, 1.807) is 30.3 Å². The number of anilines is 1. The first-order valence-electron chi connectivity index (χ1n) is 7.07. The lowest BCUT2D eigenvalue weighted by atomic mass is 10.2. The van der Waals surface area contributed by atoms with Gasteiger partial charge in [-0.2, -0.15) is 0 Å². The van der Waals surface area contributed by atoms with E-state index in [0.29, 0.717) is 21.5 Å². The molecule has 0 saturated heterocycles. The number of carbonyl (C=O) groups excluding carboxylic acids is 1. The van der Waals surface area contributed by atoms with E-state index in [1.165, 1.54) is 0 Å². The molecule has 0 radical (unpaired) electrons. The number of hydrogen-bond acceptors (Lipinski definition) is 2. The molecule has 0 aliphatic carbocycles. The molecule has 1 aromatic heterocycles. The van der Waals surface area contributed by atoms with E-state index in [9.17, 15) is 4.79 Å². The largest absolute Gasteiger partial charge is 0.451 e. The molecule has 2 aromatic carbocycles. The molecule has 0 fully saturated rings. The predicted molar refractivity (Wildman–Crippen MR) is 101 cm³/mol. The highest BCUT2D eigenvalue weighted by atomic mass is 79.9. The zero-order chi connectivity index (χ0) is 17.3. The van der Waals surface area contributed by atoms with Gasteiger partial charge in [0.05, 0.1) is 10.0 Å². The molecular formula is C18H12BrCl2NO2. The van der Waals surface area contributed by atoms with Gasteiger partial charge in [-0.3, -0.25) is 4.79 Å². The molecule has 0 atom stereocenters. The van der Waals surface area contributed by atoms with Crippen LogP contribution in [0.1, 0.15) is 16.1 Å². The van der Waals surface area contributed by atoms with Gasteiger partial charge in [-0.25, -0.2) is 0 Å². The van der Waals surface area contributed by atoms with Crippen LogP contribution in [0.3, 0.4) is 0 Å². The Kier molecular flexibility index (Phi) is 4.99. The van der Waals surface area contributed by atoms with Crippen LogP contribution in [0.15, 0.2) is 57.4 Å². The summed E-state index contributed by atoms with van der Waals surface area (Å²) < 4.78 is 6.62. The van der Waals surface area contributed by atoms with Crippen molar-refractivity contribution in [1.29, 1.82) is 0 Å². The van der Waals surface area contributed by atoms with E-state index >= 15 is 0 Å². The summed E-state index contributed by atoms with van der Waals surface area (Å²) in [7, 11) is 0. The van der Waals surface area contributed by atoms with Crippen molar-refractivity contribution < 1.29 is 9.21 Å². The smallest absolute Gasteiger partial charge is 0.291 e. The Morgan fingerprint density at radius 1 is 1.04 bits per heavy atom. The molecule has 0 unspecified atom stereocenters. The minimum atomic E-state index is -0.317. The fourth-order valence-electron chi connectivity index (χ4n) is 2.18. The van der Waals surface area contributed by atoms with E-state index in [2.05, 4.69) is 21.2 Å². The highest BCUT2D eigenvalue weighted by Crippen LogP contribution is 2.30. The van der Waals surface area contributed by atoms with Crippen LogP contribution < -0.4 is 5.32 Å².